The van der Waals surface area contributed by atoms with Crippen LogP contribution in [-0.2, 0) is 14.8 Å². The fraction of sp³-hybridized carbons (Fsp3) is 0.667. The first-order valence-electron chi connectivity index (χ1n) is 6.69. The molecule has 0 aliphatic carbocycles. The molecule has 20 heavy (non-hydrogen) atoms. The second-order valence-electron chi connectivity index (χ2n) is 4.58. The van der Waals surface area contributed by atoms with Crippen LogP contribution in [-0.4, -0.2) is 55.5 Å². The maximum atomic E-state index is 12.5. The zero-order chi connectivity index (χ0) is 14.6. The number of hydrogen-bond donors (Lipinski definition) is 1. The molecule has 1 atom stereocenters. The molecule has 0 saturated carbocycles. The first-order valence-corrected chi connectivity index (χ1v) is 8.13. The van der Waals surface area contributed by atoms with E-state index in [1.165, 1.54) is 16.7 Å². The lowest BCUT2D eigenvalue weighted by Crippen LogP contribution is -2.37. The van der Waals surface area contributed by atoms with E-state index in [4.69, 9.17) is 4.74 Å². The van der Waals surface area contributed by atoms with Gasteiger partial charge in [0.15, 0.2) is 0 Å². The first-order chi connectivity index (χ1) is 9.57. The van der Waals surface area contributed by atoms with Crippen LogP contribution in [0.3, 0.4) is 0 Å². The molecule has 1 saturated heterocycles. The number of rotatable bonds is 6. The van der Waals surface area contributed by atoms with Gasteiger partial charge in [-0.2, -0.15) is 4.31 Å². The molecule has 1 aliphatic heterocycles. The van der Waals surface area contributed by atoms with E-state index < -0.39 is 10.0 Å². The molecule has 7 nitrogen and oxygen atoms in total. The quantitative estimate of drug-likeness (QED) is 0.833. The molecular formula is C12H20N4O3S. The molecule has 1 aromatic rings. The Morgan fingerprint density at radius 2 is 2.15 bits per heavy atom. The van der Waals surface area contributed by atoms with Crippen molar-refractivity contribution in [1.82, 2.24) is 14.3 Å². The molecule has 2 rings (SSSR count). The fourth-order valence-electron chi connectivity index (χ4n) is 2.14. The Kier molecular flexibility index (Phi) is 4.90. The van der Waals surface area contributed by atoms with Crippen molar-refractivity contribution in [1.29, 1.82) is 0 Å². The average Bonchev–Trinajstić information content (AvgIpc) is 2.97. The number of aromatic nitrogens is 2. The predicted molar refractivity (Wildman–Crippen MR) is 75.0 cm³/mol. The standard InChI is InChI=1S/C12H20N4O3S/c1-3-16(9-10-5-4-6-19-10)20(17,18)11-7-14-12(13-2)15-8-11/h7-8,10H,3-6,9H2,1-2H3,(H,13,14,15). The lowest BCUT2D eigenvalue weighted by molar-refractivity contribution is 0.0946. The summed E-state index contributed by atoms with van der Waals surface area (Å²) in [7, 11) is -1.88. The van der Waals surface area contributed by atoms with E-state index in [1.54, 1.807) is 7.05 Å². The third kappa shape index (κ3) is 3.25. The van der Waals surface area contributed by atoms with Gasteiger partial charge in [-0.3, -0.25) is 0 Å². The zero-order valence-corrected chi connectivity index (χ0v) is 12.6. The van der Waals surface area contributed by atoms with Crippen molar-refractivity contribution in [3.8, 4) is 0 Å². The maximum absolute atomic E-state index is 12.5. The van der Waals surface area contributed by atoms with Crippen LogP contribution in [0, 0.1) is 0 Å². The van der Waals surface area contributed by atoms with Gasteiger partial charge < -0.3 is 10.1 Å². The van der Waals surface area contributed by atoms with Crippen molar-refractivity contribution in [3.05, 3.63) is 12.4 Å². The molecule has 0 aromatic carbocycles. The normalized spacial score (nSPS) is 19.4. The maximum Gasteiger partial charge on any atom is 0.246 e. The van der Waals surface area contributed by atoms with Crippen LogP contribution in [0.5, 0.6) is 0 Å². The van der Waals surface area contributed by atoms with Gasteiger partial charge >= 0.3 is 0 Å². The van der Waals surface area contributed by atoms with Gasteiger partial charge in [-0.25, -0.2) is 18.4 Å². The molecule has 0 radical (unpaired) electrons. The van der Waals surface area contributed by atoms with Crippen molar-refractivity contribution in [2.24, 2.45) is 0 Å². The van der Waals surface area contributed by atoms with Crippen LogP contribution in [0.15, 0.2) is 17.3 Å². The number of ether oxygens (including phenoxy) is 1. The van der Waals surface area contributed by atoms with Crippen LogP contribution < -0.4 is 5.32 Å². The second-order valence-corrected chi connectivity index (χ2v) is 6.52. The number of nitrogens with zero attached hydrogens (tertiary/aromatic N) is 3. The zero-order valence-electron chi connectivity index (χ0n) is 11.7. The molecule has 112 valence electrons. The van der Waals surface area contributed by atoms with Crippen LogP contribution in [0.2, 0.25) is 0 Å². The van der Waals surface area contributed by atoms with E-state index in [0.717, 1.165) is 12.8 Å². The summed E-state index contributed by atoms with van der Waals surface area (Å²) < 4.78 is 32.0. The van der Waals surface area contributed by atoms with E-state index in [0.29, 0.717) is 25.6 Å². The molecule has 1 aliphatic rings. The molecule has 1 unspecified atom stereocenters. The van der Waals surface area contributed by atoms with Gasteiger partial charge in [0, 0.05) is 26.7 Å². The summed E-state index contributed by atoms with van der Waals surface area (Å²) in [4.78, 5) is 8.01. The number of sulfonamides is 1. The van der Waals surface area contributed by atoms with E-state index in [1.807, 2.05) is 6.92 Å². The highest BCUT2D eigenvalue weighted by molar-refractivity contribution is 7.89. The molecule has 1 N–H and O–H groups in total. The van der Waals surface area contributed by atoms with Crippen molar-refractivity contribution >= 4 is 16.0 Å². The van der Waals surface area contributed by atoms with E-state index in [9.17, 15) is 8.42 Å². The number of hydrogen-bond acceptors (Lipinski definition) is 6. The van der Waals surface area contributed by atoms with Crippen LogP contribution in [0.1, 0.15) is 19.8 Å². The highest BCUT2D eigenvalue weighted by Gasteiger charge is 2.28. The Labute approximate surface area is 119 Å². The van der Waals surface area contributed by atoms with Gasteiger partial charge in [0.2, 0.25) is 16.0 Å². The van der Waals surface area contributed by atoms with Gasteiger partial charge in [-0.15, -0.1) is 0 Å². The van der Waals surface area contributed by atoms with Gasteiger partial charge in [-0.05, 0) is 12.8 Å². The summed E-state index contributed by atoms with van der Waals surface area (Å²) in [5.41, 5.74) is 0. The van der Waals surface area contributed by atoms with Crippen molar-refractivity contribution in [2.45, 2.75) is 30.8 Å². The minimum absolute atomic E-state index is 0.0118. The predicted octanol–water partition coefficient (Wildman–Crippen LogP) is 0.708. The summed E-state index contributed by atoms with van der Waals surface area (Å²) in [6.07, 6.45) is 4.53. The van der Waals surface area contributed by atoms with Crippen LogP contribution in [0.4, 0.5) is 5.95 Å². The molecular weight excluding hydrogens is 280 g/mol. The van der Waals surface area contributed by atoms with Gasteiger partial charge in [0.25, 0.3) is 0 Å². The first kappa shape index (κ1) is 15.1. The summed E-state index contributed by atoms with van der Waals surface area (Å²) in [5, 5.41) is 2.76. The van der Waals surface area contributed by atoms with Crippen LogP contribution in [0.25, 0.3) is 0 Å². The molecule has 0 spiro atoms. The van der Waals surface area contributed by atoms with Gasteiger partial charge in [0.1, 0.15) is 4.90 Å². The van der Waals surface area contributed by atoms with E-state index in [-0.39, 0.29) is 11.0 Å². The molecule has 2 heterocycles. The van der Waals surface area contributed by atoms with Crippen molar-refractivity contribution in [2.75, 3.05) is 32.1 Å². The topological polar surface area (TPSA) is 84.4 Å². The van der Waals surface area contributed by atoms with Crippen LogP contribution >= 0.6 is 0 Å². The van der Waals surface area contributed by atoms with Gasteiger partial charge in [-0.1, -0.05) is 6.92 Å². The summed E-state index contributed by atoms with van der Waals surface area (Å²) in [5.74, 6) is 0.395. The largest absolute Gasteiger partial charge is 0.377 e. The number of nitrogens with one attached hydrogen (secondary N) is 1. The minimum atomic E-state index is -3.56. The summed E-state index contributed by atoms with van der Waals surface area (Å²) in [6.45, 7) is 3.31. The number of likely N-dealkylation sites (N-methyl/N-ethyl adjacent to an activating group) is 1. The molecule has 1 fully saturated rings. The van der Waals surface area contributed by atoms with E-state index >= 15 is 0 Å². The van der Waals surface area contributed by atoms with Gasteiger partial charge in [0.05, 0.1) is 18.5 Å². The third-order valence-electron chi connectivity index (χ3n) is 3.27. The van der Waals surface area contributed by atoms with Crippen molar-refractivity contribution in [3.63, 3.8) is 0 Å². The lowest BCUT2D eigenvalue weighted by Gasteiger charge is -2.23. The summed E-state index contributed by atoms with van der Waals surface area (Å²) >= 11 is 0. The monoisotopic (exact) mass is 300 g/mol. The fourth-order valence-corrected chi connectivity index (χ4v) is 3.51. The Morgan fingerprint density at radius 3 is 2.65 bits per heavy atom. The Bertz CT molecular complexity index is 526. The molecule has 1 aromatic heterocycles. The second kappa shape index (κ2) is 6.47. The lowest BCUT2D eigenvalue weighted by atomic mass is 10.2. The third-order valence-corrected chi connectivity index (χ3v) is 5.17. The molecule has 0 bridgehead atoms. The highest BCUT2D eigenvalue weighted by atomic mass is 32.2. The Morgan fingerprint density at radius 1 is 1.45 bits per heavy atom. The van der Waals surface area contributed by atoms with Crippen molar-refractivity contribution < 1.29 is 13.2 Å². The molecule has 0 amide bonds. The number of anilines is 1. The Hall–Kier alpha value is -1.25. The highest BCUT2D eigenvalue weighted by Crippen LogP contribution is 2.19. The Balaban J connectivity index is 2.16. The minimum Gasteiger partial charge on any atom is -0.377 e. The molecule has 8 heteroatoms. The van der Waals surface area contributed by atoms with E-state index in [2.05, 4.69) is 15.3 Å². The smallest absolute Gasteiger partial charge is 0.246 e. The summed E-state index contributed by atoms with van der Waals surface area (Å²) in [6, 6.07) is 0. The average molecular weight is 300 g/mol. The SMILES string of the molecule is CCN(CC1CCCO1)S(=O)(=O)c1cnc(NC)nc1.